The number of hydrogen-bond donors (Lipinski definition) is 1. The van der Waals surface area contributed by atoms with E-state index in [0.717, 1.165) is 22.6 Å². The molecule has 0 amide bonds. The van der Waals surface area contributed by atoms with E-state index in [4.69, 9.17) is 4.74 Å². The lowest BCUT2D eigenvalue weighted by Gasteiger charge is -2.28. The number of benzene rings is 3. The first-order valence-electron chi connectivity index (χ1n) is 6.97. The van der Waals surface area contributed by atoms with Crippen molar-refractivity contribution in [2.24, 2.45) is 0 Å². The minimum absolute atomic E-state index is 0.131. The summed E-state index contributed by atoms with van der Waals surface area (Å²) >= 11 is 0. The predicted octanol–water partition coefficient (Wildman–Crippen LogP) is 4.68. The maximum atomic E-state index is 9.71. The third kappa shape index (κ3) is 1.96. The Morgan fingerprint density at radius 2 is 1.43 bits per heavy atom. The lowest BCUT2D eigenvalue weighted by molar-refractivity contribution is 0.437. The molecule has 0 spiro atoms. The van der Waals surface area contributed by atoms with Crippen LogP contribution < -0.4 is 4.74 Å². The third-order valence-corrected chi connectivity index (χ3v) is 3.89. The van der Waals surface area contributed by atoms with Crippen molar-refractivity contribution in [2.75, 3.05) is 0 Å². The SMILES string of the molecule is Oc1ccc2c(c1)Oc1ccccc1C2c1ccccc1. The van der Waals surface area contributed by atoms with Crippen LogP contribution in [-0.4, -0.2) is 5.11 Å². The minimum Gasteiger partial charge on any atom is -0.508 e. The Bertz CT molecular complexity index is 794. The summed E-state index contributed by atoms with van der Waals surface area (Å²) in [6.07, 6.45) is 0. The Balaban J connectivity index is 1.97. The molecule has 0 radical (unpaired) electrons. The number of fused-ring (bicyclic) bond motifs is 2. The molecule has 102 valence electrons. The molecule has 0 aliphatic carbocycles. The summed E-state index contributed by atoms with van der Waals surface area (Å²) in [5.74, 6) is 1.93. The van der Waals surface area contributed by atoms with Crippen LogP contribution in [0.4, 0.5) is 0 Å². The van der Waals surface area contributed by atoms with Gasteiger partial charge in [0.1, 0.15) is 17.2 Å². The van der Waals surface area contributed by atoms with Gasteiger partial charge in [0.25, 0.3) is 0 Å². The van der Waals surface area contributed by atoms with Gasteiger partial charge in [0.2, 0.25) is 0 Å². The van der Waals surface area contributed by atoms with Crippen LogP contribution in [0.15, 0.2) is 72.8 Å². The van der Waals surface area contributed by atoms with Crippen molar-refractivity contribution in [3.05, 3.63) is 89.5 Å². The Morgan fingerprint density at radius 1 is 0.714 bits per heavy atom. The smallest absolute Gasteiger partial charge is 0.135 e. The Morgan fingerprint density at radius 3 is 2.29 bits per heavy atom. The van der Waals surface area contributed by atoms with E-state index in [1.54, 1.807) is 12.1 Å². The van der Waals surface area contributed by atoms with Crippen molar-refractivity contribution in [3.63, 3.8) is 0 Å². The molecular weight excluding hydrogens is 260 g/mol. The fourth-order valence-electron chi connectivity index (χ4n) is 2.95. The Hall–Kier alpha value is -2.74. The monoisotopic (exact) mass is 274 g/mol. The van der Waals surface area contributed by atoms with Gasteiger partial charge in [-0.3, -0.25) is 0 Å². The third-order valence-electron chi connectivity index (χ3n) is 3.89. The second kappa shape index (κ2) is 4.67. The number of aromatic hydroxyl groups is 1. The van der Waals surface area contributed by atoms with Crippen LogP contribution in [0.3, 0.4) is 0 Å². The summed E-state index contributed by atoms with van der Waals surface area (Å²) in [6, 6.07) is 23.8. The Labute approximate surface area is 123 Å². The standard InChI is InChI=1S/C19H14O2/c20-14-10-11-16-18(12-14)21-17-9-5-4-8-15(17)19(16)13-6-2-1-3-7-13/h1-12,19-20H. The molecule has 1 N–H and O–H groups in total. The van der Waals surface area contributed by atoms with E-state index < -0.39 is 0 Å². The zero-order chi connectivity index (χ0) is 14.2. The zero-order valence-corrected chi connectivity index (χ0v) is 11.4. The maximum Gasteiger partial charge on any atom is 0.135 e. The van der Waals surface area contributed by atoms with E-state index in [1.807, 2.05) is 42.5 Å². The number of hydrogen-bond acceptors (Lipinski definition) is 2. The molecule has 1 atom stereocenters. The van der Waals surface area contributed by atoms with Gasteiger partial charge in [-0.25, -0.2) is 0 Å². The summed E-state index contributed by atoms with van der Waals surface area (Å²) in [6.45, 7) is 0. The van der Waals surface area contributed by atoms with Crippen LogP contribution in [0.2, 0.25) is 0 Å². The highest BCUT2D eigenvalue weighted by Crippen LogP contribution is 2.47. The molecule has 0 fully saturated rings. The number of phenols is 1. The van der Waals surface area contributed by atoms with Crippen LogP contribution in [0, 0.1) is 0 Å². The maximum absolute atomic E-state index is 9.71. The van der Waals surface area contributed by atoms with Gasteiger partial charge < -0.3 is 9.84 Å². The summed E-state index contributed by atoms with van der Waals surface area (Å²) in [7, 11) is 0. The predicted molar refractivity (Wildman–Crippen MR) is 82.0 cm³/mol. The van der Waals surface area contributed by atoms with Crippen molar-refractivity contribution in [1.82, 2.24) is 0 Å². The lowest BCUT2D eigenvalue weighted by atomic mass is 9.83. The molecule has 1 aliphatic heterocycles. The average molecular weight is 274 g/mol. The molecule has 1 aliphatic rings. The average Bonchev–Trinajstić information content (AvgIpc) is 2.53. The van der Waals surface area contributed by atoms with Crippen molar-refractivity contribution >= 4 is 0 Å². The summed E-state index contributed by atoms with van der Waals surface area (Å²) in [4.78, 5) is 0. The summed E-state index contributed by atoms with van der Waals surface area (Å²) in [5, 5.41) is 9.71. The number of para-hydroxylation sites is 1. The molecule has 0 bridgehead atoms. The van der Waals surface area contributed by atoms with Crippen LogP contribution in [0.1, 0.15) is 22.6 Å². The van der Waals surface area contributed by atoms with Crippen molar-refractivity contribution in [3.8, 4) is 17.2 Å². The highest BCUT2D eigenvalue weighted by Gasteiger charge is 2.28. The Kier molecular flexibility index (Phi) is 2.68. The van der Waals surface area contributed by atoms with E-state index in [-0.39, 0.29) is 11.7 Å². The van der Waals surface area contributed by atoms with Crippen LogP contribution in [-0.2, 0) is 0 Å². The van der Waals surface area contributed by atoms with Gasteiger partial charge in [-0.05, 0) is 17.7 Å². The lowest BCUT2D eigenvalue weighted by Crippen LogP contribution is -2.11. The topological polar surface area (TPSA) is 29.5 Å². The summed E-state index contributed by atoms with van der Waals surface area (Å²) < 4.78 is 5.95. The zero-order valence-electron chi connectivity index (χ0n) is 11.4. The van der Waals surface area contributed by atoms with Crippen molar-refractivity contribution in [2.45, 2.75) is 5.92 Å². The molecule has 0 saturated heterocycles. The van der Waals surface area contributed by atoms with Gasteiger partial charge in [-0.2, -0.15) is 0 Å². The number of ether oxygens (including phenoxy) is 1. The molecular formula is C19H14O2. The van der Waals surface area contributed by atoms with Crippen LogP contribution >= 0.6 is 0 Å². The van der Waals surface area contributed by atoms with E-state index in [1.165, 1.54) is 5.56 Å². The molecule has 0 saturated carbocycles. The molecule has 1 heterocycles. The molecule has 0 aromatic heterocycles. The van der Waals surface area contributed by atoms with Gasteiger partial charge in [-0.15, -0.1) is 0 Å². The quantitative estimate of drug-likeness (QED) is 0.546. The molecule has 3 aromatic rings. The fourth-order valence-corrected chi connectivity index (χ4v) is 2.95. The molecule has 3 aromatic carbocycles. The summed E-state index contributed by atoms with van der Waals surface area (Å²) in [5.41, 5.74) is 3.46. The second-order valence-electron chi connectivity index (χ2n) is 5.21. The molecule has 21 heavy (non-hydrogen) atoms. The first kappa shape index (κ1) is 12.0. The van der Waals surface area contributed by atoms with Gasteiger partial charge in [-0.1, -0.05) is 54.6 Å². The highest BCUT2D eigenvalue weighted by atomic mass is 16.5. The van der Waals surface area contributed by atoms with Crippen LogP contribution in [0.5, 0.6) is 17.2 Å². The van der Waals surface area contributed by atoms with Gasteiger partial charge in [0.05, 0.1) is 0 Å². The first-order valence-corrected chi connectivity index (χ1v) is 6.97. The van der Waals surface area contributed by atoms with E-state index in [0.29, 0.717) is 0 Å². The molecule has 2 heteroatoms. The second-order valence-corrected chi connectivity index (χ2v) is 5.21. The van der Waals surface area contributed by atoms with Crippen molar-refractivity contribution < 1.29 is 9.84 Å². The van der Waals surface area contributed by atoms with E-state index >= 15 is 0 Å². The van der Waals surface area contributed by atoms with Crippen molar-refractivity contribution in [1.29, 1.82) is 0 Å². The minimum atomic E-state index is 0.131. The number of phenolic OH excluding ortho intramolecular Hbond substituents is 1. The van der Waals surface area contributed by atoms with E-state index in [9.17, 15) is 5.11 Å². The van der Waals surface area contributed by atoms with E-state index in [2.05, 4.69) is 18.2 Å². The van der Waals surface area contributed by atoms with Gasteiger partial charge >= 0.3 is 0 Å². The normalized spacial score (nSPS) is 15.7. The van der Waals surface area contributed by atoms with Gasteiger partial charge in [0, 0.05) is 23.1 Å². The van der Waals surface area contributed by atoms with Gasteiger partial charge in [0.15, 0.2) is 0 Å². The first-order chi connectivity index (χ1) is 10.3. The molecule has 2 nitrogen and oxygen atoms in total. The largest absolute Gasteiger partial charge is 0.508 e. The molecule has 4 rings (SSSR count). The van der Waals surface area contributed by atoms with Crippen LogP contribution in [0.25, 0.3) is 0 Å². The number of rotatable bonds is 1. The highest BCUT2D eigenvalue weighted by molar-refractivity contribution is 5.59. The molecule has 1 unspecified atom stereocenters. The fraction of sp³-hybridized carbons (Fsp3) is 0.0526.